The van der Waals surface area contributed by atoms with Crippen LogP contribution in [0.15, 0.2) is 18.3 Å². The number of hydrogen-bond acceptors (Lipinski definition) is 5. The molecule has 1 unspecified atom stereocenters. The summed E-state index contributed by atoms with van der Waals surface area (Å²) in [4.78, 5) is 32.2. The zero-order valence-corrected chi connectivity index (χ0v) is 14.7. The van der Waals surface area contributed by atoms with E-state index in [2.05, 4.69) is 9.88 Å². The highest BCUT2D eigenvalue weighted by molar-refractivity contribution is 5.93. The third-order valence-electron chi connectivity index (χ3n) is 5.33. The lowest BCUT2D eigenvalue weighted by atomic mass is 9.73. The quantitative estimate of drug-likeness (QED) is 0.860. The molecule has 2 aliphatic rings. The van der Waals surface area contributed by atoms with Gasteiger partial charge in [-0.15, -0.1) is 0 Å². The Kier molecular flexibility index (Phi) is 5.22. The molecule has 7 heteroatoms. The molecule has 25 heavy (non-hydrogen) atoms. The number of rotatable bonds is 5. The number of piperidine rings is 2. The fourth-order valence-electron chi connectivity index (χ4n) is 3.99. The van der Waals surface area contributed by atoms with Gasteiger partial charge in [-0.1, -0.05) is 0 Å². The third-order valence-corrected chi connectivity index (χ3v) is 5.33. The van der Waals surface area contributed by atoms with E-state index in [1.165, 1.54) is 0 Å². The number of nitrogens with zero attached hydrogens (tertiary/aromatic N) is 3. The van der Waals surface area contributed by atoms with Crippen LogP contribution in [0.2, 0.25) is 0 Å². The molecule has 1 spiro atoms. The average Bonchev–Trinajstić information content (AvgIpc) is 2.63. The van der Waals surface area contributed by atoms with Crippen LogP contribution >= 0.6 is 0 Å². The van der Waals surface area contributed by atoms with Crippen LogP contribution in [-0.4, -0.2) is 61.6 Å². The number of hydrogen-bond donors (Lipinski definition) is 1. The van der Waals surface area contributed by atoms with Crippen molar-refractivity contribution in [2.45, 2.75) is 25.7 Å². The van der Waals surface area contributed by atoms with E-state index in [9.17, 15) is 9.59 Å². The lowest BCUT2D eigenvalue weighted by Gasteiger charge is -2.48. The summed E-state index contributed by atoms with van der Waals surface area (Å²) in [5, 5.41) is 0. The number of amides is 2. The molecule has 1 aromatic heterocycles. The maximum Gasteiger partial charge on any atom is 0.248 e. The fourth-order valence-corrected chi connectivity index (χ4v) is 3.99. The number of ether oxygens (including phenoxy) is 1. The van der Waals surface area contributed by atoms with E-state index in [0.29, 0.717) is 25.1 Å². The van der Waals surface area contributed by atoms with Gasteiger partial charge >= 0.3 is 0 Å². The molecule has 2 amide bonds. The summed E-state index contributed by atoms with van der Waals surface area (Å²) in [5.41, 5.74) is 5.95. The lowest BCUT2D eigenvalue weighted by molar-refractivity contribution is -0.138. The predicted molar refractivity (Wildman–Crippen MR) is 94.3 cm³/mol. The molecule has 2 N–H and O–H groups in total. The van der Waals surface area contributed by atoms with Crippen LogP contribution < -0.4 is 10.6 Å². The number of likely N-dealkylation sites (tertiary alicyclic amines) is 1. The molecule has 0 radical (unpaired) electrons. The number of anilines is 1. The van der Waals surface area contributed by atoms with Gasteiger partial charge in [0.2, 0.25) is 11.8 Å². The standard InChI is InChI=1S/C18H26N4O3/c1-25-10-9-22-13-18(6-3-16(22)23)5-2-8-21(12-18)15-11-14(17(19)24)4-7-20-15/h4,7,11H,2-3,5-6,8-10,12-13H2,1H3,(H2,19,24). The Morgan fingerprint density at radius 2 is 2.24 bits per heavy atom. The van der Waals surface area contributed by atoms with E-state index in [1.54, 1.807) is 25.4 Å². The molecule has 0 aliphatic carbocycles. The summed E-state index contributed by atoms with van der Waals surface area (Å²) in [7, 11) is 1.66. The van der Waals surface area contributed by atoms with Crippen LogP contribution in [0.4, 0.5) is 5.82 Å². The van der Waals surface area contributed by atoms with Gasteiger partial charge in [-0.05, 0) is 31.4 Å². The Hall–Kier alpha value is -2.15. The number of carbonyl (C=O) groups is 2. The van der Waals surface area contributed by atoms with Crippen LogP contribution in [0.25, 0.3) is 0 Å². The normalized spacial score (nSPS) is 24.0. The van der Waals surface area contributed by atoms with Gasteiger partial charge in [0, 0.05) is 56.9 Å². The van der Waals surface area contributed by atoms with Crippen molar-refractivity contribution in [3.8, 4) is 0 Å². The molecule has 3 rings (SSSR count). The van der Waals surface area contributed by atoms with Gasteiger partial charge in [0.15, 0.2) is 0 Å². The van der Waals surface area contributed by atoms with Crippen molar-refractivity contribution >= 4 is 17.6 Å². The molecule has 2 saturated heterocycles. The van der Waals surface area contributed by atoms with Crippen LogP contribution in [0.3, 0.4) is 0 Å². The third kappa shape index (κ3) is 3.92. The first-order chi connectivity index (χ1) is 12.0. The van der Waals surface area contributed by atoms with Crippen molar-refractivity contribution in [3.63, 3.8) is 0 Å². The van der Waals surface area contributed by atoms with Crippen molar-refractivity contribution in [1.29, 1.82) is 0 Å². The maximum atomic E-state index is 12.2. The molecule has 1 atom stereocenters. The summed E-state index contributed by atoms with van der Waals surface area (Å²) in [6, 6.07) is 3.40. The molecule has 0 saturated carbocycles. The Balaban J connectivity index is 1.75. The van der Waals surface area contributed by atoms with Crippen molar-refractivity contribution in [2.75, 3.05) is 44.8 Å². The second-order valence-corrected chi connectivity index (χ2v) is 7.10. The van der Waals surface area contributed by atoms with Crippen LogP contribution in [-0.2, 0) is 9.53 Å². The first kappa shape index (κ1) is 17.7. The SMILES string of the molecule is COCCN1CC2(CCCN(c3cc(C(N)=O)ccn3)C2)CCC1=O. The highest BCUT2D eigenvalue weighted by Gasteiger charge is 2.41. The summed E-state index contributed by atoms with van der Waals surface area (Å²) < 4.78 is 5.14. The molecular weight excluding hydrogens is 320 g/mol. The van der Waals surface area contributed by atoms with Gasteiger partial charge in [-0.25, -0.2) is 4.98 Å². The van der Waals surface area contributed by atoms with Crippen LogP contribution in [0.5, 0.6) is 0 Å². The first-order valence-electron chi connectivity index (χ1n) is 8.80. The molecule has 2 aliphatic heterocycles. The smallest absolute Gasteiger partial charge is 0.248 e. The van der Waals surface area contributed by atoms with Crippen LogP contribution in [0, 0.1) is 5.41 Å². The molecular formula is C18H26N4O3. The lowest BCUT2D eigenvalue weighted by Crippen LogP contribution is -2.54. The molecule has 3 heterocycles. The number of aromatic nitrogens is 1. The Morgan fingerprint density at radius 3 is 3.00 bits per heavy atom. The monoisotopic (exact) mass is 346 g/mol. The number of pyridine rings is 1. The number of primary amides is 1. The number of nitrogens with two attached hydrogens (primary N) is 1. The van der Waals surface area contributed by atoms with Crippen molar-refractivity contribution < 1.29 is 14.3 Å². The minimum absolute atomic E-state index is 0.0876. The summed E-state index contributed by atoms with van der Waals surface area (Å²) in [5.74, 6) is 0.564. The van der Waals surface area contributed by atoms with Crippen LogP contribution in [0.1, 0.15) is 36.0 Å². The summed E-state index contributed by atoms with van der Waals surface area (Å²) in [6.07, 6.45) is 5.28. The highest BCUT2D eigenvalue weighted by atomic mass is 16.5. The maximum absolute atomic E-state index is 12.2. The molecule has 7 nitrogen and oxygen atoms in total. The van der Waals surface area contributed by atoms with Gasteiger partial charge in [-0.2, -0.15) is 0 Å². The summed E-state index contributed by atoms with van der Waals surface area (Å²) in [6.45, 7) is 3.73. The van der Waals surface area contributed by atoms with Crippen molar-refractivity contribution in [2.24, 2.45) is 11.1 Å². The van der Waals surface area contributed by atoms with Crippen molar-refractivity contribution in [1.82, 2.24) is 9.88 Å². The Morgan fingerprint density at radius 1 is 1.40 bits per heavy atom. The van der Waals surface area contributed by atoms with E-state index in [0.717, 1.165) is 44.7 Å². The minimum Gasteiger partial charge on any atom is -0.383 e. The van der Waals surface area contributed by atoms with E-state index in [1.807, 2.05) is 4.90 Å². The zero-order chi connectivity index (χ0) is 17.9. The van der Waals surface area contributed by atoms with Crippen molar-refractivity contribution in [3.05, 3.63) is 23.9 Å². The second kappa shape index (κ2) is 7.39. The molecule has 0 aromatic carbocycles. The van der Waals surface area contributed by atoms with Gasteiger partial charge in [0.1, 0.15) is 5.82 Å². The molecule has 1 aromatic rings. The molecule has 136 valence electrons. The Bertz CT molecular complexity index is 651. The predicted octanol–water partition coefficient (Wildman–Crippen LogP) is 1.04. The topological polar surface area (TPSA) is 88.8 Å². The highest BCUT2D eigenvalue weighted by Crippen LogP contribution is 2.39. The molecule has 0 bridgehead atoms. The minimum atomic E-state index is -0.440. The first-order valence-corrected chi connectivity index (χ1v) is 8.80. The number of carbonyl (C=O) groups excluding carboxylic acids is 2. The summed E-state index contributed by atoms with van der Waals surface area (Å²) >= 11 is 0. The zero-order valence-electron chi connectivity index (χ0n) is 14.7. The van der Waals surface area contributed by atoms with E-state index >= 15 is 0 Å². The number of methoxy groups -OCH3 is 1. The van der Waals surface area contributed by atoms with Gasteiger partial charge < -0.3 is 20.3 Å². The fraction of sp³-hybridized carbons (Fsp3) is 0.611. The van der Waals surface area contributed by atoms with E-state index in [4.69, 9.17) is 10.5 Å². The van der Waals surface area contributed by atoms with Gasteiger partial charge in [0.25, 0.3) is 0 Å². The molecule has 2 fully saturated rings. The average molecular weight is 346 g/mol. The van der Waals surface area contributed by atoms with Gasteiger partial charge in [0.05, 0.1) is 6.61 Å². The van der Waals surface area contributed by atoms with E-state index < -0.39 is 5.91 Å². The largest absolute Gasteiger partial charge is 0.383 e. The second-order valence-electron chi connectivity index (χ2n) is 7.10. The Labute approximate surface area is 148 Å². The van der Waals surface area contributed by atoms with Gasteiger partial charge in [-0.3, -0.25) is 9.59 Å². The van der Waals surface area contributed by atoms with E-state index in [-0.39, 0.29) is 11.3 Å².